The largest absolute Gasteiger partial charge is 0.369 e. The molecule has 2 rings (SSSR count). The lowest BCUT2D eigenvalue weighted by molar-refractivity contribution is 0.485. The molecule has 3 heteroatoms. The zero-order valence-corrected chi connectivity index (χ0v) is 12.3. The van der Waals surface area contributed by atoms with Gasteiger partial charge in [0.1, 0.15) is 0 Å². The molecule has 1 fully saturated rings. The number of nitrogens with one attached hydrogen (secondary N) is 1. The predicted octanol–water partition coefficient (Wildman–Crippen LogP) is 3.34. The molecule has 1 aliphatic heterocycles. The van der Waals surface area contributed by atoms with E-state index in [0.29, 0.717) is 6.04 Å². The summed E-state index contributed by atoms with van der Waals surface area (Å²) in [4.78, 5) is 2.49. The van der Waals surface area contributed by atoms with Crippen LogP contribution in [-0.2, 0) is 0 Å². The van der Waals surface area contributed by atoms with Crippen LogP contribution in [0, 0.1) is 6.92 Å². The molecule has 1 atom stereocenters. The average molecular weight is 297 g/mol. The Balaban J connectivity index is 2.17. The molecule has 17 heavy (non-hydrogen) atoms. The number of rotatable bonds is 1. The topological polar surface area (TPSA) is 15.3 Å². The van der Waals surface area contributed by atoms with Gasteiger partial charge in [0.15, 0.2) is 0 Å². The lowest BCUT2D eigenvalue weighted by Crippen LogP contribution is -2.42. The van der Waals surface area contributed by atoms with Gasteiger partial charge in [-0.15, -0.1) is 0 Å². The summed E-state index contributed by atoms with van der Waals surface area (Å²) in [6, 6.07) is 7.18. The second-order valence-electron chi connectivity index (χ2n) is 4.96. The van der Waals surface area contributed by atoms with Crippen molar-refractivity contribution < 1.29 is 0 Å². The van der Waals surface area contributed by atoms with E-state index < -0.39 is 0 Å². The molecule has 1 heterocycles. The molecule has 0 bridgehead atoms. The molecule has 94 valence electrons. The SMILES string of the molecule is Cc1ccc(N2CCCCNC(C)C2)c(Br)c1. The molecule has 0 amide bonds. The van der Waals surface area contributed by atoms with Gasteiger partial charge in [0, 0.05) is 23.6 Å². The molecule has 1 aromatic carbocycles. The van der Waals surface area contributed by atoms with Gasteiger partial charge in [-0.3, -0.25) is 0 Å². The Hall–Kier alpha value is -0.540. The third-order valence-electron chi connectivity index (χ3n) is 3.29. The van der Waals surface area contributed by atoms with E-state index in [1.54, 1.807) is 0 Å². The van der Waals surface area contributed by atoms with Crippen molar-refractivity contribution in [1.29, 1.82) is 0 Å². The molecule has 0 aromatic heterocycles. The number of benzene rings is 1. The van der Waals surface area contributed by atoms with Gasteiger partial charge < -0.3 is 10.2 Å². The molecule has 1 aromatic rings. The number of hydrogen-bond donors (Lipinski definition) is 1. The Bertz CT molecular complexity index is 378. The Kier molecular flexibility index (Phi) is 4.46. The molecule has 2 nitrogen and oxygen atoms in total. The van der Waals surface area contributed by atoms with Crippen molar-refractivity contribution in [3.05, 3.63) is 28.2 Å². The number of anilines is 1. The second-order valence-corrected chi connectivity index (χ2v) is 5.82. The first-order valence-corrected chi connectivity index (χ1v) is 7.20. The van der Waals surface area contributed by atoms with Crippen LogP contribution in [0.4, 0.5) is 5.69 Å². The van der Waals surface area contributed by atoms with Crippen molar-refractivity contribution in [2.45, 2.75) is 32.7 Å². The highest BCUT2D eigenvalue weighted by Gasteiger charge is 2.15. The van der Waals surface area contributed by atoms with Crippen molar-refractivity contribution in [1.82, 2.24) is 5.32 Å². The Morgan fingerprint density at radius 1 is 1.35 bits per heavy atom. The van der Waals surface area contributed by atoms with Crippen molar-refractivity contribution in [3.63, 3.8) is 0 Å². The zero-order valence-electron chi connectivity index (χ0n) is 10.7. The summed E-state index contributed by atoms with van der Waals surface area (Å²) in [6.07, 6.45) is 2.53. The third kappa shape index (κ3) is 3.46. The van der Waals surface area contributed by atoms with Crippen LogP contribution in [0.1, 0.15) is 25.3 Å². The van der Waals surface area contributed by atoms with E-state index in [1.165, 1.54) is 28.6 Å². The second kappa shape index (κ2) is 5.87. The average Bonchev–Trinajstić information content (AvgIpc) is 2.24. The van der Waals surface area contributed by atoms with E-state index in [0.717, 1.165) is 19.6 Å². The van der Waals surface area contributed by atoms with Crippen molar-refractivity contribution >= 4 is 21.6 Å². The van der Waals surface area contributed by atoms with Gasteiger partial charge in [0.2, 0.25) is 0 Å². The molecule has 0 aliphatic carbocycles. The maximum absolute atomic E-state index is 3.69. The number of aryl methyl sites for hydroxylation is 1. The van der Waals surface area contributed by atoms with Crippen molar-refractivity contribution in [2.24, 2.45) is 0 Å². The quantitative estimate of drug-likeness (QED) is 0.855. The molecule has 0 saturated carbocycles. The van der Waals surface area contributed by atoms with Gasteiger partial charge >= 0.3 is 0 Å². The smallest absolute Gasteiger partial charge is 0.0511 e. The van der Waals surface area contributed by atoms with E-state index >= 15 is 0 Å². The van der Waals surface area contributed by atoms with Gasteiger partial charge in [-0.1, -0.05) is 6.07 Å². The highest BCUT2D eigenvalue weighted by Crippen LogP contribution is 2.28. The summed E-state index contributed by atoms with van der Waals surface area (Å²) in [5.41, 5.74) is 2.63. The molecule has 1 aliphatic rings. The minimum absolute atomic E-state index is 0.559. The van der Waals surface area contributed by atoms with E-state index in [4.69, 9.17) is 0 Å². The Labute approximate surface area is 113 Å². The first-order valence-electron chi connectivity index (χ1n) is 6.41. The summed E-state index contributed by atoms with van der Waals surface area (Å²) in [5.74, 6) is 0. The van der Waals surface area contributed by atoms with Gasteiger partial charge in [0.25, 0.3) is 0 Å². The summed E-state index contributed by atoms with van der Waals surface area (Å²) in [7, 11) is 0. The summed E-state index contributed by atoms with van der Waals surface area (Å²) < 4.78 is 1.21. The summed E-state index contributed by atoms with van der Waals surface area (Å²) in [6.45, 7) is 7.80. The number of halogens is 1. The molecule has 0 radical (unpaired) electrons. The van der Waals surface area contributed by atoms with E-state index in [-0.39, 0.29) is 0 Å². The fourth-order valence-electron chi connectivity index (χ4n) is 2.35. The fourth-order valence-corrected chi connectivity index (χ4v) is 3.09. The lowest BCUT2D eigenvalue weighted by Gasteiger charge is -2.31. The van der Waals surface area contributed by atoms with Crippen LogP contribution < -0.4 is 10.2 Å². The Morgan fingerprint density at radius 2 is 2.18 bits per heavy atom. The van der Waals surface area contributed by atoms with Crippen LogP contribution >= 0.6 is 15.9 Å². The fraction of sp³-hybridized carbons (Fsp3) is 0.571. The normalized spacial score (nSPS) is 22.1. The van der Waals surface area contributed by atoms with E-state index in [1.807, 2.05) is 0 Å². The minimum Gasteiger partial charge on any atom is -0.369 e. The maximum Gasteiger partial charge on any atom is 0.0511 e. The van der Waals surface area contributed by atoms with Crippen LogP contribution in [-0.4, -0.2) is 25.7 Å². The highest BCUT2D eigenvalue weighted by atomic mass is 79.9. The molecule has 1 unspecified atom stereocenters. The van der Waals surface area contributed by atoms with Crippen molar-refractivity contribution in [3.8, 4) is 0 Å². The van der Waals surface area contributed by atoms with Crippen LogP contribution in [0.25, 0.3) is 0 Å². The van der Waals surface area contributed by atoms with Crippen LogP contribution in [0.15, 0.2) is 22.7 Å². The summed E-state index contributed by atoms with van der Waals surface area (Å²) >= 11 is 3.69. The first kappa shape index (κ1) is 12.9. The van der Waals surface area contributed by atoms with Crippen LogP contribution in [0.5, 0.6) is 0 Å². The van der Waals surface area contributed by atoms with Crippen LogP contribution in [0.3, 0.4) is 0 Å². The molecular weight excluding hydrogens is 276 g/mol. The molecule has 1 N–H and O–H groups in total. The number of nitrogens with zero attached hydrogens (tertiary/aromatic N) is 1. The van der Waals surface area contributed by atoms with Gasteiger partial charge in [-0.25, -0.2) is 0 Å². The van der Waals surface area contributed by atoms with Gasteiger partial charge in [0.05, 0.1) is 5.69 Å². The number of hydrogen-bond acceptors (Lipinski definition) is 2. The zero-order chi connectivity index (χ0) is 12.3. The standard InChI is InChI=1S/C14H21BrN2/c1-11-5-6-14(13(15)9-11)17-8-4-3-7-16-12(2)10-17/h5-6,9,12,16H,3-4,7-8,10H2,1-2H3. The Morgan fingerprint density at radius 3 is 2.94 bits per heavy atom. The molecule has 1 saturated heterocycles. The highest BCUT2D eigenvalue weighted by molar-refractivity contribution is 9.10. The molecular formula is C14H21BrN2. The first-order chi connectivity index (χ1) is 8.16. The monoisotopic (exact) mass is 296 g/mol. The maximum atomic E-state index is 3.69. The van der Waals surface area contributed by atoms with Gasteiger partial charge in [-0.2, -0.15) is 0 Å². The van der Waals surface area contributed by atoms with E-state index in [2.05, 4.69) is 58.2 Å². The third-order valence-corrected chi connectivity index (χ3v) is 3.92. The summed E-state index contributed by atoms with van der Waals surface area (Å²) in [5, 5.41) is 3.56. The molecule has 0 spiro atoms. The lowest BCUT2D eigenvalue weighted by atomic mass is 10.1. The van der Waals surface area contributed by atoms with E-state index in [9.17, 15) is 0 Å². The minimum atomic E-state index is 0.559. The van der Waals surface area contributed by atoms with Crippen LogP contribution in [0.2, 0.25) is 0 Å². The van der Waals surface area contributed by atoms with Gasteiger partial charge in [-0.05, 0) is 66.9 Å². The predicted molar refractivity (Wildman–Crippen MR) is 77.8 cm³/mol. The van der Waals surface area contributed by atoms with Crippen molar-refractivity contribution in [2.75, 3.05) is 24.5 Å².